The van der Waals surface area contributed by atoms with Crippen molar-refractivity contribution in [3.8, 4) is 0 Å². The highest BCUT2D eigenvalue weighted by atomic mass is 16.5. The van der Waals surface area contributed by atoms with Gasteiger partial charge in [0.05, 0.1) is 12.3 Å². The van der Waals surface area contributed by atoms with Crippen molar-refractivity contribution in [2.75, 3.05) is 18.6 Å². The van der Waals surface area contributed by atoms with E-state index in [1.54, 1.807) is 20.2 Å². The quantitative estimate of drug-likeness (QED) is 0.676. The van der Waals surface area contributed by atoms with Gasteiger partial charge in [0.25, 0.3) is 0 Å². The van der Waals surface area contributed by atoms with Crippen molar-refractivity contribution in [3.63, 3.8) is 0 Å². The number of amides is 1. The highest BCUT2D eigenvalue weighted by molar-refractivity contribution is 6.07. The van der Waals surface area contributed by atoms with Crippen LogP contribution in [0.1, 0.15) is 13.3 Å². The van der Waals surface area contributed by atoms with Gasteiger partial charge in [-0.1, -0.05) is 18.2 Å². The zero-order valence-electron chi connectivity index (χ0n) is 11.0. The highest BCUT2D eigenvalue weighted by Crippen LogP contribution is 2.25. The number of H-pyrrole nitrogens is 1. The summed E-state index contributed by atoms with van der Waals surface area (Å²) < 4.78 is 4.77. The van der Waals surface area contributed by atoms with Gasteiger partial charge in [0.1, 0.15) is 6.42 Å². The number of esters is 1. The van der Waals surface area contributed by atoms with Crippen LogP contribution in [0.4, 0.5) is 5.69 Å². The molecule has 0 bridgehead atoms. The lowest BCUT2D eigenvalue weighted by Gasteiger charge is -2.15. The summed E-state index contributed by atoms with van der Waals surface area (Å²) in [4.78, 5) is 27.9. The molecule has 1 heterocycles. The molecule has 5 heteroatoms. The van der Waals surface area contributed by atoms with E-state index < -0.39 is 5.97 Å². The van der Waals surface area contributed by atoms with Crippen LogP contribution in [-0.4, -0.2) is 30.5 Å². The number of carbonyl (C=O) groups excluding carboxylic acids is 2. The molecule has 5 nitrogen and oxygen atoms in total. The first kappa shape index (κ1) is 13.1. The average molecular weight is 260 g/mol. The van der Waals surface area contributed by atoms with Crippen molar-refractivity contribution < 1.29 is 14.3 Å². The molecule has 1 amide bonds. The van der Waals surface area contributed by atoms with Crippen molar-refractivity contribution in [1.29, 1.82) is 0 Å². The molecule has 0 spiro atoms. The van der Waals surface area contributed by atoms with E-state index in [2.05, 4.69) is 4.98 Å². The van der Waals surface area contributed by atoms with E-state index in [9.17, 15) is 9.59 Å². The molecule has 0 aliphatic heterocycles. The number of hydrogen-bond acceptors (Lipinski definition) is 3. The van der Waals surface area contributed by atoms with Crippen LogP contribution < -0.4 is 4.90 Å². The van der Waals surface area contributed by atoms with E-state index in [0.717, 1.165) is 16.6 Å². The fraction of sp³-hybridized carbons (Fsp3) is 0.286. The van der Waals surface area contributed by atoms with Crippen LogP contribution in [-0.2, 0) is 14.3 Å². The highest BCUT2D eigenvalue weighted by Gasteiger charge is 2.18. The van der Waals surface area contributed by atoms with Gasteiger partial charge in [0.2, 0.25) is 5.91 Å². The average Bonchev–Trinajstić information content (AvgIpc) is 2.81. The van der Waals surface area contributed by atoms with Gasteiger partial charge in [-0.05, 0) is 13.0 Å². The van der Waals surface area contributed by atoms with Gasteiger partial charge in [-0.2, -0.15) is 0 Å². The minimum absolute atomic E-state index is 0.246. The summed E-state index contributed by atoms with van der Waals surface area (Å²) in [5, 5.41) is 0.946. The molecule has 0 atom stereocenters. The lowest BCUT2D eigenvalue weighted by Crippen LogP contribution is -2.28. The second kappa shape index (κ2) is 5.56. The summed E-state index contributed by atoms with van der Waals surface area (Å²) in [6, 6.07) is 7.68. The van der Waals surface area contributed by atoms with E-state index in [1.165, 1.54) is 4.90 Å². The number of ether oxygens (including phenoxy) is 1. The smallest absolute Gasteiger partial charge is 0.315 e. The van der Waals surface area contributed by atoms with E-state index in [0.29, 0.717) is 0 Å². The number of aromatic amines is 1. The maximum absolute atomic E-state index is 12.0. The lowest BCUT2D eigenvalue weighted by atomic mass is 10.2. The van der Waals surface area contributed by atoms with Crippen LogP contribution in [0, 0.1) is 0 Å². The minimum atomic E-state index is -0.501. The molecule has 2 rings (SSSR count). The predicted octanol–water partition coefficient (Wildman–Crippen LogP) is 2.08. The maximum Gasteiger partial charge on any atom is 0.315 e. The third-order valence-electron chi connectivity index (χ3n) is 2.90. The van der Waals surface area contributed by atoms with Crippen molar-refractivity contribution in [2.45, 2.75) is 13.3 Å². The Morgan fingerprint density at radius 3 is 2.79 bits per heavy atom. The molecular weight excluding hydrogens is 244 g/mol. The summed E-state index contributed by atoms with van der Waals surface area (Å²) in [6.45, 7) is 1.99. The molecule has 0 saturated heterocycles. The largest absolute Gasteiger partial charge is 0.466 e. The zero-order chi connectivity index (χ0) is 13.8. The zero-order valence-corrected chi connectivity index (χ0v) is 11.0. The number of carbonyl (C=O) groups is 2. The summed E-state index contributed by atoms with van der Waals surface area (Å²) in [5.74, 6) is -0.789. The second-order valence-corrected chi connectivity index (χ2v) is 4.15. The van der Waals surface area contributed by atoms with E-state index in [4.69, 9.17) is 4.74 Å². The molecule has 19 heavy (non-hydrogen) atoms. The second-order valence-electron chi connectivity index (χ2n) is 4.15. The third kappa shape index (κ3) is 2.76. The van der Waals surface area contributed by atoms with Crippen LogP contribution in [0.2, 0.25) is 0 Å². The standard InChI is InChI=1S/C14H16N2O3/c1-3-19-14(18)8-13(17)16(2)12-9-15-11-7-5-4-6-10(11)12/h4-7,9,15H,3,8H2,1-2H3. The molecule has 0 unspecified atom stereocenters. The van der Waals surface area contributed by atoms with E-state index in [-0.39, 0.29) is 18.9 Å². The van der Waals surface area contributed by atoms with Crippen molar-refractivity contribution in [2.24, 2.45) is 0 Å². The van der Waals surface area contributed by atoms with Gasteiger partial charge in [0, 0.05) is 24.1 Å². The monoisotopic (exact) mass is 260 g/mol. The molecule has 1 aromatic heterocycles. The molecule has 2 aromatic rings. The lowest BCUT2D eigenvalue weighted by molar-refractivity contribution is -0.145. The van der Waals surface area contributed by atoms with Crippen LogP contribution >= 0.6 is 0 Å². The number of nitrogens with one attached hydrogen (secondary N) is 1. The first-order valence-corrected chi connectivity index (χ1v) is 6.11. The van der Waals surface area contributed by atoms with Gasteiger partial charge in [-0.15, -0.1) is 0 Å². The van der Waals surface area contributed by atoms with E-state index >= 15 is 0 Å². The van der Waals surface area contributed by atoms with Crippen LogP contribution in [0.5, 0.6) is 0 Å². The van der Waals surface area contributed by atoms with Crippen molar-refractivity contribution in [3.05, 3.63) is 30.5 Å². The number of anilines is 1. The first-order chi connectivity index (χ1) is 9.13. The summed E-state index contributed by atoms with van der Waals surface area (Å²) >= 11 is 0. The summed E-state index contributed by atoms with van der Waals surface area (Å²) in [6.07, 6.45) is 1.51. The molecule has 0 aliphatic rings. The molecule has 100 valence electrons. The number of fused-ring (bicyclic) bond motifs is 1. The molecule has 1 aromatic carbocycles. The molecule has 0 aliphatic carbocycles. The summed E-state index contributed by atoms with van der Waals surface area (Å²) in [7, 11) is 1.65. The van der Waals surface area contributed by atoms with E-state index in [1.807, 2.05) is 24.3 Å². The van der Waals surface area contributed by atoms with Gasteiger partial charge < -0.3 is 14.6 Å². The Labute approximate surface area is 111 Å². The Morgan fingerprint density at radius 2 is 2.05 bits per heavy atom. The number of para-hydroxylation sites is 1. The number of rotatable bonds is 4. The Balaban J connectivity index is 2.17. The Bertz CT molecular complexity index is 604. The fourth-order valence-electron chi connectivity index (χ4n) is 1.92. The minimum Gasteiger partial charge on any atom is -0.466 e. The van der Waals surface area contributed by atoms with Crippen LogP contribution in [0.3, 0.4) is 0 Å². The normalized spacial score (nSPS) is 10.4. The molecule has 0 fully saturated rings. The maximum atomic E-state index is 12.0. The van der Waals surface area contributed by atoms with Crippen LogP contribution in [0.15, 0.2) is 30.5 Å². The molecule has 0 saturated carbocycles. The fourth-order valence-corrected chi connectivity index (χ4v) is 1.92. The number of aromatic nitrogens is 1. The SMILES string of the molecule is CCOC(=O)CC(=O)N(C)c1c[nH]c2ccccc12. The topological polar surface area (TPSA) is 62.4 Å². The van der Waals surface area contributed by atoms with Gasteiger partial charge in [-0.25, -0.2) is 0 Å². The van der Waals surface area contributed by atoms with Crippen LogP contribution in [0.25, 0.3) is 10.9 Å². The summed E-state index contributed by atoms with van der Waals surface area (Å²) in [5.41, 5.74) is 1.71. The number of hydrogen-bond donors (Lipinski definition) is 1. The molecular formula is C14H16N2O3. The number of benzene rings is 1. The first-order valence-electron chi connectivity index (χ1n) is 6.11. The molecule has 1 N–H and O–H groups in total. The van der Waals surface area contributed by atoms with Crippen molar-refractivity contribution in [1.82, 2.24) is 4.98 Å². The van der Waals surface area contributed by atoms with Gasteiger partial charge in [-0.3, -0.25) is 9.59 Å². The molecule has 0 radical (unpaired) electrons. The van der Waals surface area contributed by atoms with Gasteiger partial charge in [0.15, 0.2) is 0 Å². The Morgan fingerprint density at radius 1 is 1.32 bits per heavy atom. The Hall–Kier alpha value is -2.30. The predicted molar refractivity (Wildman–Crippen MR) is 73.0 cm³/mol. The van der Waals surface area contributed by atoms with Gasteiger partial charge >= 0.3 is 5.97 Å². The number of nitrogens with zero attached hydrogens (tertiary/aromatic N) is 1. The Kier molecular flexibility index (Phi) is 3.85. The third-order valence-corrected chi connectivity index (χ3v) is 2.90. The van der Waals surface area contributed by atoms with Crippen molar-refractivity contribution >= 4 is 28.5 Å².